The van der Waals surface area contributed by atoms with Crippen LogP contribution in [-0.4, -0.2) is 24.7 Å². The zero-order valence-corrected chi connectivity index (χ0v) is 11.2. The highest BCUT2D eigenvalue weighted by Gasteiger charge is 2.59. The van der Waals surface area contributed by atoms with Gasteiger partial charge in [0.25, 0.3) is 0 Å². The van der Waals surface area contributed by atoms with Gasteiger partial charge in [-0.05, 0) is 58.5 Å². The number of carbonyl (C=O) groups is 1. The number of piperidine rings is 1. The standard InChI is InChI=1S/C12H21NO2.ClH/c1-11(2,3)15-10(14)9-8-12(9)4-6-13-7-5-12;/h9,13H,4-8H2,1-3H3;1H/t9-;/m1./s1. The molecule has 0 amide bonds. The highest BCUT2D eigenvalue weighted by atomic mass is 35.5. The minimum Gasteiger partial charge on any atom is -0.460 e. The summed E-state index contributed by atoms with van der Waals surface area (Å²) in [5.74, 6) is 0.197. The van der Waals surface area contributed by atoms with Crippen LogP contribution >= 0.6 is 12.4 Å². The number of carbonyl (C=O) groups excluding carboxylic acids is 1. The van der Waals surface area contributed by atoms with Crippen molar-refractivity contribution in [2.45, 2.75) is 45.6 Å². The fourth-order valence-electron chi connectivity index (χ4n) is 2.53. The summed E-state index contributed by atoms with van der Waals surface area (Å²) >= 11 is 0. The van der Waals surface area contributed by atoms with E-state index in [0.717, 1.165) is 32.4 Å². The number of esters is 1. The zero-order valence-electron chi connectivity index (χ0n) is 10.3. The Balaban J connectivity index is 0.00000128. The maximum atomic E-state index is 11.9. The minimum atomic E-state index is -0.340. The van der Waals surface area contributed by atoms with E-state index in [4.69, 9.17) is 4.74 Å². The van der Waals surface area contributed by atoms with E-state index in [0.29, 0.717) is 5.41 Å². The lowest BCUT2D eigenvalue weighted by atomic mass is 9.92. The van der Waals surface area contributed by atoms with Gasteiger partial charge in [0.15, 0.2) is 0 Å². The van der Waals surface area contributed by atoms with Crippen LogP contribution in [0.1, 0.15) is 40.0 Å². The summed E-state index contributed by atoms with van der Waals surface area (Å²) in [6.07, 6.45) is 3.32. The summed E-state index contributed by atoms with van der Waals surface area (Å²) in [7, 11) is 0. The second-order valence-corrected chi connectivity index (χ2v) is 5.90. The van der Waals surface area contributed by atoms with Gasteiger partial charge in [-0.25, -0.2) is 0 Å². The monoisotopic (exact) mass is 247 g/mol. The average molecular weight is 248 g/mol. The highest BCUT2D eigenvalue weighted by molar-refractivity contribution is 5.85. The van der Waals surface area contributed by atoms with Crippen molar-refractivity contribution in [1.82, 2.24) is 5.32 Å². The Kier molecular flexibility index (Phi) is 3.91. The Hall–Kier alpha value is -0.280. The Morgan fingerprint density at radius 1 is 1.31 bits per heavy atom. The molecule has 1 aliphatic carbocycles. The lowest BCUT2D eigenvalue weighted by molar-refractivity contribution is -0.157. The molecule has 1 saturated carbocycles. The predicted octanol–water partition coefficient (Wildman–Crippen LogP) is 2.14. The van der Waals surface area contributed by atoms with Crippen molar-refractivity contribution >= 4 is 18.4 Å². The molecule has 2 rings (SSSR count). The van der Waals surface area contributed by atoms with Gasteiger partial charge < -0.3 is 10.1 Å². The number of hydrogen-bond acceptors (Lipinski definition) is 3. The quantitative estimate of drug-likeness (QED) is 0.722. The van der Waals surface area contributed by atoms with Crippen molar-refractivity contribution < 1.29 is 9.53 Å². The van der Waals surface area contributed by atoms with Gasteiger partial charge in [0.2, 0.25) is 0 Å². The molecule has 0 unspecified atom stereocenters. The van der Waals surface area contributed by atoms with E-state index in [1.807, 2.05) is 20.8 Å². The molecule has 94 valence electrons. The van der Waals surface area contributed by atoms with E-state index in [1.54, 1.807) is 0 Å². The van der Waals surface area contributed by atoms with Crippen LogP contribution in [0.3, 0.4) is 0 Å². The van der Waals surface area contributed by atoms with E-state index < -0.39 is 0 Å². The van der Waals surface area contributed by atoms with Gasteiger partial charge in [-0.1, -0.05) is 0 Å². The highest BCUT2D eigenvalue weighted by Crippen LogP contribution is 2.59. The van der Waals surface area contributed by atoms with Crippen LogP contribution in [0.15, 0.2) is 0 Å². The van der Waals surface area contributed by atoms with Crippen LogP contribution in [-0.2, 0) is 9.53 Å². The largest absolute Gasteiger partial charge is 0.460 e. The van der Waals surface area contributed by atoms with Gasteiger partial charge in [-0.2, -0.15) is 0 Å². The molecule has 1 aliphatic heterocycles. The molecule has 1 atom stereocenters. The fraction of sp³-hybridized carbons (Fsp3) is 0.917. The lowest BCUT2D eigenvalue weighted by Gasteiger charge is -2.25. The van der Waals surface area contributed by atoms with Crippen molar-refractivity contribution in [1.29, 1.82) is 0 Å². The molecule has 1 saturated heterocycles. The molecule has 0 radical (unpaired) electrons. The number of halogens is 1. The summed E-state index contributed by atoms with van der Waals surface area (Å²) in [5.41, 5.74) is -0.0403. The van der Waals surface area contributed by atoms with E-state index >= 15 is 0 Å². The molecule has 4 heteroatoms. The first-order chi connectivity index (χ1) is 6.93. The van der Waals surface area contributed by atoms with Crippen molar-refractivity contribution in [2.24, 2.45) is 11.3 Å². The third-order valence-corrected chi connectivity index (χ3v) is 3.48. The Morgan fingerprint density at radius 3 is 2.38 bits per heavy atom. The van der Waals surface area contributed by atoms with Crippen molar-refractivity contribution in [3.8, 4) is 0 Å². The topological polar surface area (TPSA) is 38.3 Å². The molecule has 0 aromatic rings. The second-order valence-electron chi connectivity index (χ2n) is 5.90. The van der Waals surface area contributed by atoms with Crippen LogP contribution in [0.4, 0.5) is 0 Å². The SMILES string of the molecule is CC(C)(C)OC(=O)[C@H]1CC12CCNCC2.Cl. The summed E-state index contributed by atoms with van der Waals surface area (Å²) in [6.45, 7) is 7.91. The maximum Gasteiger partial charge on any atom is 0.310 e. The third-order valence-electron chi connectivity index (χ3n) is 3.48. The smallest absolute Gasteiger partial charge is 0.310 e. The molecule has 1 heterocycles. The summed E-state index contributed by atoms with van der Waals surface area (Å²) in [4.78, 5) is 11.9. The summed E-state index contributed by atoms with van der Waals surface area (Å²) in [5, 5.41) is 3.34. The van der Waals surface area contributed by atoms with Gasteiger partial charge in [-0.15, -0.1) is 12.4 Å². The Bertz CT molecular complexity index is 267. The second kappa shape index (κ2) is 4.53. The van der Waals surface area contributed by atoms with Crippen molar-refractivity contribution in [3.05, 3.63) is 0 Å². The molecule has 1 N–H and O–H groups in total. The van der Waals surface area contributed by atoms with Gasteiger partial charge >= 0.3 is 5.97 Å². The molecule has 16 heavy (non-hydrogen) atoms. The zero-order chi connectivity index (χ0) is 11.1. The Labute approximate surface area is 104 Å². The molecule has 3 nitrogen and oxygen atoms in total. The van der Waals surface area contributed by atoms with Gasteiger partial charge in [-0.3, -0.25) is 4.79 Å². The van der Waals surface area contributed by atoms with Gasteiger partial charge in [0.05, 0.1) is 5.92 Å². The number of hydrogen-bond donors (Lipinski definition) is 1. The molecular weight excluding hydrogens is 226 g/mol. The first kappa shape index (κ1) is 13.8. The van der Waals surface area contributed by atoms with Crippen LogP contribution < -0.4 is 5.32 Å². The van der Waals surface area contributed by atoms with Crippen LogP contribution in [0.25, 0.3) is 0 Å². The van der Waals surface area contributed by atoms with Crippen LogP contribution in [0.5, 0.6) is 0 Å². The molecule has 0 aromatic carbocycles. The molecule has 2 fully saturated rings. The van der Waals surface area contributed by atoms with Gasteiger partial charge in [0.1, 0.15) is 5.60 Å². The first-order valence-electron chi connectivity index (χ1n) is 5.87. The fourth-order valence-corrected chi connectivity index (χ4v) is 2.53. The normalized spacial score (nSPS) is 27.1. The molecular formula is C12H22ClNO2. The summed E-state index contributed by atoms with van der Waals surface area (Å²) in [6, 6.07) is 0. The van der Waals surface area contributed by atoms with Crippen LogP contribution in [0.2, 0.25) is 0 Å². The average Bonchev–Trinajstić information content (AvgIpc) is 2.78. The molecule has 2 aliphatic rings. The summed E-state index contributed by atoms with van der Waals surface area (Å²) < 4.78 is 5.43. The van der Waals surface area contributed by atoms with Crippen LogP contribution in [0, 0.1) is 11.3 Å². The van der Waals surface area contributed by atoms with E-state index in [-0.39, 0.29) is 29.9 Å². The molecule has 1 spiro atoms. The molecule has 0 bridgehead atoms. The minimum absolute atomic E-state index is 0. The number of ether oxygens (including phenoxy) is 1. The van der Waals surface area contributed by atoms with Gasteiger partial charge in [0, 0.05) is 0 Å². The van der Waals surface area contributed by atoms with Crippen molar-refractivity contribution in [3.63, 3.8) is 0 Å². The third kappa shape index (κ3) is 2.89. The van der Waals surface area contributed by atoms with E-state index in [1.165, 1.54) is 0 Å². The van der Waals surface area contributed by atoms with E-state index in [9.17, 15) is 4.79 Å². The Morgan fingerprint density at radius 2 is 1.88 bits per heavy atom. The lowest BCUT2D eigenvalue weighted by Crippen LogP contribution is -2.32. The predicted molar refractivity (Wildman–Crippen MR) is 65.7 cm³/mol. The number of rotatable bonds is 1. The maximum absolute atomic E-state index is 11.9. The molecule has 0 aromatic heterocycles. The van der Waals surface area contributed by atoms with Crippen molar-refractivity contribution in [2.75, 3.05) is 13.1 Å². The number of nitrogens with one attached hydrogen (secondary N) is 1. The van der Waals surface area contributed by atoms with E-state index in [2.05, 4.69) is 5.32 Å². The first-order valence-corrected chi connectivity index (χ1v) is 5.87.